The van der Waals surface area contributed by atoms with Crippen LogP contribution in [0.5, 0.6) is 0 Å². The first-order valence-corrected chi connectivity index (χ1v) is 15.6. The van der Waals surface area contributed by atoms with E-state index in [9.17, 15) is 15.0 Å². The van der Waals surface area contributed by atoms with Gasteiger partial charge in [0, 0.05) is 26.0 Å². The van der Waals surface area contributed by atoms with Gasteiger partial charge >= 0.3 is 0 Å². The lowest BCUT2D eigenvalue weighted by Crippen LogP contribution is -2.51. The van der Waals surface area contributed by atoms with E-state index in [1.54, 1.807) is 50.2 Å². The molecule has 3 N–H and O–H groups in total. The minimum Gasteiger partial charge on any atom is -0.393 e. The van der Waals surface area contributed by atoms with E-state index in [-0.39, 0.29) is 53.9 Å². The van der Waals surface area contributed by atoms with E-state index in [1.165, 1.54) is 10.9 Å². The molecule has 0 spiro atoms. The second kappa shape index (κ2) is 14.2. The zero-order chi connectivity index (χ0) is 32.5. The number of halogens is 5. The number of amides is 1. The highest BCUT2D eigenvalue weighted by atomic mass is 35.5. The fraction of sp³-hybridized carbons (Fsp3) is 0.379. The maximum absolute atomic E-state index is 12.3. The van der Waals surface area contributed by atoms with Gasteiger partial charge in [0.15, 0.2) is 22.6 Å². The first-order chi connectivity index (χ1) is 21.4. The molecule has 0 bridgehead atoms. The number of ether oxygens (including phenoxy) is 3. The third-order valence-electron chi connectivity index (χ3n) is 7.19. The number of benzene rings is 2. The Balaban J connectivity index is 1.47. The number of aromatic nitrogens is 4. The molecule has 0 radical (unpaired) electrons. The van der Waals surface area contributed by atoms with E-state index >= 15 is 0 Å². The lowest BCUT2D eigenvalue weighted by Gasteiger charge is -2.32. The SMILES string of the molecule is CC(C)C(=O)Nc1nc(Cl)c2ncn([C@@H]3O[C@H](COCc4ccc(Cl)cc4Cl)[C@@H](OCc4ccc(Cl)cc4Cl)[C@]3(O)CO)c2n1. The average molecular weight is 720 g/mol. The van der Waals surface area contributed by atoms with Gasteiger partial charge in [-0.2, -0.15) is 9.97 Å². The molecular formula is C29H28Cl5N5O6. The minimum absolute atomic E-state index is 0.0340. The van der Waals surface area contributed by atoms with Crippen molar-refractivity contribution in [2.45, 2.75) is 51.1 Å². The predicted molar refractivity (Wildman–Crippen MR) is 171 cm³/mol. The molecule has 1 aliphatic heterocycles. The van der Waals surface area contributed by atoms with Crippen molar-refractivity contribution in [2.75, 3.05) is 18.5 Å². The van der Waals surface area contributed by atoms with Crippen molar-refractivity contribution in [3.8, 4) is 0 Å². The Bertz CT molecular complexity index is 1710. The highest BCUT2D eigenvalue weighted by Crippen LogP contribution is 2.42. The third-order valence-corrected chi connectivity index (χ3v) is 8.63. The largest absolute Gasteiger partial charge is 0.393 e. The molecule has 0 unspecified atom stereocenters. The van der Waals surface area contributed by atoms with Crippen molar-refractivity contribution in [1.82, 2.24) is 19.5 Å². The summed E-state index contributed by atoms with van der Waals surface area (Å²) in [4.78, 5) is 25.2. The van der Waals surface area contributed by atoms with Gasteiger partial charge < -0.3 is 24.4 Å². The van der Waals surface area contributed by atoms with Crippen LogP contribution >= 0.6 is 58.0 Å². The molecule has 45 heavy (non-hydrogen) atoms. The van der Waals surface area contributed by atoms with Gasteiger partial charge in [0.1, 0.15) is 17.7 Å². The Morgan fingerprint density at radius 2 is 1.69 bits per heavy atom. The Morgan fingerprint density at radius 1 is 1.04 bits per heavy atom. The predicted octanol–water partition coefficient (Wildman–Crippen LogP) is 6.11. The van der Waals surface area contributed by atoms with Gasteiger partial charge in [-0.3, -0.25) is 14.7 Å². The summed E-state index contributed by atoms with van der Waals surface area (Å²) >= 11 is 31.1. The molecule has 0 saturated carbocycles. The summed E-state index contributed by atoms with van der Waals surface area (Å²) in [5.41, 5.74) is -0.445. The monoisotopic (exact) mass is 717 g/mol. The van der Waals surface area contributed by atoms with Gasteiger partial charge in [-0.25, -0.2) is 4.98 Å². The van der Waals surface area contributed by atoms with Gasteiger partial charge in [-0.15, -0.1) is 0 Å². The molecule has 1 fully saturated rings. The Kier molecular flexibility index (Phi) is 10.8. The summed E-state index contributed by atoms with van der Waals surface area (Å²) in [5, 5.41) is 26.9. The highest BCUT2D eigenvalue weighted by Gasteiger charge is 2.58. The highest BCUT2D eigenvalue weighted by molar-refractivity contribution is 6.35. The van der Waals surface area contributed by atoms with E-state index in [1.807, 2.05) is 0 Å². The molecule has 5 rings (SSSR count). The van der Waals surface area contributed by atoms with Crippen molar-refractivity contribution in [3.05, 3.63) is 79.1 Å². The Morgan fingerprint density at radius 3 is 2.29 bits per heavy atom. The second-order valence-electron chi connectivity index (χ2n) is 10.7. The number of hydrogen-bond acceptors (Lipinski definition) is 9. The van der Waals surface area contributed by atoms with Crippen LogP contribution in [0.3, 0.4) is 0 Å². The van der Waals surface area contributed by atoms with Crippen molar-refractivity contribution in [2.24, 2.45) is 5.92 Å². The van der Waals surface area contributed by atoms with Crippen LogP contribution in [0.4, 0.5) is 5.95 Å². The lowest BCUT2D eigenvalue weighted by molar-refractivity contribution is -0.148. The molecule has 2 aromatic heterocycles. The van der Waals surface area contributed by atoms with Crippen LogP contribution in [-0.2, 0) is 32.2 Å². The molecule has 240 valence electrons. The fourth-order valence-corrected chi connectivity index (χ4v) is 5.92. The number of anilines is 1. The number of fused-ring (bicyclic) bond motifs is 1. The molecule has 1 aliphatic rings. The van der Waals surface area contributed by atoms with E-state index in [2.05, 4.69) is 20.3 Å². The summed E-state index contributed by atoms with van der Waals surface area (Å²) in [7, 11) is 0. The number of aliphatic hydroxyl groups excluding tert-OH is 1. The summed E-state index contributed by atoms with van der Waals surface area (Å²) in [6.07, 6.45) is -2.01. The normalized spacial score (nSPS) is 21.6. The standard InChI is InChI=1S/C29H28Cl5N5O6/c1-14(2)26(41)38-28-36-24(34)22-25(37-28)39(13-35-22)27-29(42,12-40)23(44-10-16-4-6-18(31)8-20(16)33)21(45-27)11-43-9-15-3-5-17(30)7-19(15)32/h3-8,13-14,21,23,27,40,42H,9-12H2,1-2H3,(H,36,37,38,41)/t21-,23-,27-,29-/m1/s1. The van der Waals surface area contributed by atoms with Crippen LogP contribution in [-0.4, -0.2) is 66.7 Å². The topological polar surface area (TPSA) is 141 Å². The number of rotatable bonds is 11. The average Bonchev–Trinajstić information content (AvgIpc) is 3.52. The van der Waals surface area contributed by atoms with Crippen LogP contribution in [0.1, 0.15) is 31.2 Å². The molecule has 4 atom stereocenters. The van der Waals surface area contributed by atoms with Crippen LogP contribution in [0.15, 0.2) is 42.7 Å². The number of imidazole rings is 1. The Labute approximate surface area is 283 Å². The zero-order valence-corrected chi connectivity index (χ0v) is 27.7. The number of hydrogen-bond donors (Lipinski definition) is 3. The summed E-state index contributed by atoms with van der Waals surface area (Å²) in [6, 6.07) is 9.95. The molecule has 1 saturated heterocycles. The van der Waals surface area contributed by atoms with Crippen LogP contribution in [0, 0.1) is 5.92 Å². The first-order valence-electron chi connectivity index (χ1n) is 13.7. The van der Waals surface area contributed by atoms with Crippen molar-refractivity contribution in [1.29, 1.82) is 0 Å². The van der Waals surface area contributed by atoms with Gasteiger partial charge in [0.25, 0.3) is 0 Å². The number of carbonyl (C=O) groups excluding carboxylic acids is 1. The maximum Gasteiger partial charge on any atom is 0.232 e. The fourth-order valence-electron chi connectivity index (χ4n) is 4.78. The van der Waals surface area contributed by atoms with Gasteiger partial charge in [0.05, 0.1) is 32.8 Å². The third kappa shape index (κ3) is 7.33. The molecule has 4 aromatic rings. The van der Waals surface area contributed by atoms with E-state index in [4.69, 9.17) is 72.2 Å². The maximum atomic E-state index is 12.3. The number of carbonyl (C=O) groups is 1. The summed E-state index contributed by atoms with van der Waals surface area (Å²) < 4.78 is 19.9. The molecule has 16 heteroatoms. The van der Waals surface area contributed by atoms with Crippen LogP contribution in [0.25, 0.3) is 11.2 Å². The second-order valence-corrected chi connectivity index (χ2v) is 12.7. The van der Waals surface area contributed by atoms with Gasteiger partial charge in [0.2, 0.25) is 11.9 Å². The molecule has 3 heterocycles. The molecule has 1 amide bonds. The minimum atomic E-state index is -2.04. The van der Waals surface area contributed by atoms with Crippen molar-refractivity contribution < 1.29 is 29.2 Å². The smallest absolute Gasteiger partial charge is 0.232 e. The van der Waals surface area contributed by atoms with Crippen molar-refractivity contribution >= 4 is 81.0 Å². The van der Waals surface area contributed by atoms with Gasteiger partial charge in [-0.05, 0) is 35.4 Å². The summed E-state index contributed by atoms with van der Waals surface area (Å²) in [6.45, 7) is 2.62. The zero-order valence-electron chi connectivity index (χ0n) is 23.9. The van der Waals surface area contributed by atoms with Gasteiger partial charge in [-0.1, -0.05) is 84.0 Å². The number of nitrogens with one attached hydrogen (secondary N) is 1. The lowest BCUT2D eigenvalue weighted by atomic mass is 9.94. The number of aliphatic hydroxyl groups is 2. The molecule has 0 aliphatic carbocycles. The molecular weight excluding hydrogens is 692 g/mol. The first kappa shape index (κ1) is 34.1. The summed E-state index contributed by atoms with van der Waals surface area (Å²) in [5.74, 6) is -0.739. The molecule has 2 aromatic carbocycles. The Hall–Kier alpha value is -2.29. The molecule has 11 nitrogen and oxygen atoms in total. The van der Waals surface area contributed by atoms with E-state index in [0.29, 0.717) is 31.2 Å². The van der Waals surface area contributed by atoms with Crippen molar-refractivity contribution in [3.63, 3.8) is 0 Å². The van der Waals surface area contributed by atoms with Crippen LogP contribution < -0.4 is 5.32 Å². The van der Waals surface area contributed by atoms with Crippen LogP contribution in [0.2, 0.25) is 25.2 Å². The van der Waals surface area contributed by atoms with E-state index < -0.39 is 30.6 Å². The number of nitrogens with zero attached hydrogens (tertiary/aromatic N) is 4. The quantitative estimate of drug-likeness (QED) is 0.157. The van der Waals surface area contributed by atoms with E-state index in [0.717, 1.165) is 0 Å².